The molecule has 0 aromatic carbocycles. The summed E-state index contributed by atoms with van der Waals surface area (Å²) >= 11 is 1.51. The summed E-state index contributed by atoms with van der Waals surface area (Å²) in [5.74, 6) is 1.48. The van der Waals surface area contributed by atoms with Gasteiger partial charge in [-0.1, -0.05) is 5.16 Å². The van der Waals surface area contributed by atoms with Gasteiger partial charge in [-0.25, -0.2) is 4.79 Å². The summed E-state index contributed by atoms with van der Waals surface area (Å²) in [4.78, 5) is 25.5. The van der Waals surface area contributed by atoms with E-state index in [9.17, 15) is 9.59 Å². The van der Waals surface area contributed by atoms with Crippen LogP contribution in [0.25, 0.3) is 0 Å². The van der Waals surface area contributed by atoms with Crippen LogP contribution in [-0.2, 0) is 20.1 Å². The highest BCUT2D eigenvalue weighted by Gasteiger charge is 2.34. The molecule has 0 aliphatic carbocycles. The van der Waals surface area contributed by atoms with Gasteiger partial charge >= 0.3 is 5.97 Å². The Labute approximate surface area is 128 Å². The lowest BCUT2D eigenvalue weighted by Crippen LogP contribution is -2.42. The van der Waals surface area contributed by atoms with Crippen LogP contribution in [-0.4, -0.2) is 47.4 Å². The average molecular weight is 312 g/mol. The maximum atomic E-state index is 12.2. The summed E-state index contributed by atoms with van der Waals surface area (Å²) in [6, 6.07) is -0.415. The molecular weight excluding hydrogens is 292 g/mol. The average Bonchev–Trinajstić information content (AvgIpc) is 3.07. The first kappa shape index (κ1) is 15.9. The highest BCUT2D eigenvalue weighted by Crippen LogP contribution is 2.22. The summed E-state index contributed by atoms with van der Waals surface area (Å²) in [5, 5.41) is 3.89. The van der Waals surface area contributed by atoms with E-state index in [0.29, 0.717) is 24.5 Å². The van der Waals surface area contributed by atoms with Crippen LogP contribution < -0.4 is 0 Å². The van der Waals surface area contributed by atoms with Gasteiger partial charge in [0.25, 0.3) is 0 Å². The lowest BCUT2D eigenvalue weighted by molar-refractivity contribution is -0.150. The number of rotatable bonds is 5. The van der Waals surface area contributed by atoms with Gasteiger partial charge in [-0.05, 0) is 26.7 Å². The molecule has 0 bridgehead atoms. The zero-order valence-electron chi connectivity index (χ0n) is 12.5. The normalized spacial score (nSPS) is 18.0. The first-order chi connectivity index (χ1) is 10.0. The Bertz CT molecular complexity index is 510. The molecule has 1 aromatic heterocycles. The van der Waals surface area contributed by atoms with Gasteiger partial charge < -0.3 is 14.2 Å². The Kier molecular flexibility index (Phi) is 5.27. The monoisotopic (exact) mass is 312 g/mol. The fourth-order valence-electron chi connectivity index (χ4n) is 2.48. The van der Waals surface area contributed by atoms with Crippen molar-refractivity contribution >= 4 is 23.6 Å². The minimum atomic E-state index is -0.415. The number of ether oxygens (including phenoxy) is 1. The van der Waals surface area contributed by atoms with E-state index in [-0.39, 0.29) is 11.9 Å². The fourth-order valence-corrected chi connectivity index (χ4v) is 3.54. The lowest BCUT2D eigenvalue weighted by atomic mass is 10.2. The van der Waals surface area contributed by atoms with Crippen molar-refractivity contribution in [3.05, 3.63) is 17.0 Å². The molecule has 7 heteroatoms. The number of carbonyl (C=O) groups is 2. The Morgan fingerprint density at radius 1 is 1.48 bits per heavy atom. The molecule has 1 atom stereocenters. The lowest BCUT2D eigenvalue weighted by Gasteiger charge is -2.22. The molecule has 1 fully saturated rings. The molecular formula is C14H20N2O4S. The number of nitrogens with zero attached hydrogens (tertiary/aromatic N) is 2. The molecule has 0 N–H and O–H groups in total. The third-order valence-electron chi connectivity index (χ3n) is 3.70. The molecule has 21 heavy (non-hydrogen) atoms. The molecule has 2 rings (SSSR count). The van der Waals surface area contributed by atoms with E-state index in [4.69, 9.17) is 9.26 Å². The van der Waals surface area contributed by atoms with E-state index in [1.807, 2.05) is 13.8 Å². The number of methoxy groups -OCH3 is 1. The smallest absolute Gasteiger partial charge is 0.328 e. The number of aromatic nitrogens is 1. The number of hydrogen-bond acceptors (Lipinski definition) is 6. The summed E-state index contributed by atoms with van der Waals surface area (Å²) < 4.78 is 9.84. The topological polar surface area (TPSA) is 72.6 Å². The van der Waals surface area contributed by atoms with Gasteiger partial charge in [-0.15, -0.1) is 11.8 Å². The Hall–Kier alpha value is -1.50. The third-order valence-corrected chi connectivity index (χ3v) is 4.64. The first-order valence-electron chi connectivity index (χ1n) is 6.91. The van der Waals surface area contributed by atoms with Gasteiger partial charge in [0, 0.05) is 17.9 Å². The van der Waals surface area contributed by atoms with Crippen LogP contribution in [0.5, 0.6) is 0 Å². The molecule has 2 heterocycles. The second kappa shape index (κ2) is 6.98. The summed E-state index contributed by atoms with van der Waals surface area (Å²) in [6.07, 6.45) is 1.53. The number of likely N-dealkylation sites (tertiary alicyclic amines) is 1. The van der Waals surface area contributed by atoms with E-state index in [0.717, 1.165) is 23.4 Å². The van der Waals surface area contributed by atoms with Crippen LogP contribution in [0.15, 0.2) is 4.52 Å². The molecule has 1 saturated heterocycles. The molecule has 116 valence electrons. The summed E-state index contributed by atoms with van der Waals surface area (Å²) in [7, 11) is 1.36. The van der Waals surface area contributed by atoms with Crippen molar-refractivity contribution in [1.29, 1.82) is 0 Å². The second-order valence-corrected chi connectivity index (χ2v) is 6.05. The number of aryl methyl sites for hydroxylation is 2. The Morgan fingerprint density at radius 2 is 2.24 bits per heavy atom. The molecule has 1 amide bonds. The number of esters is 1. The standard InChI is InChI=1S/C14H20N2O4S/c1-9-11(10(2)20-15-9)7-21-8-13(17)16-6-4-5-12(16)14(18)19-3/h12H,4-8H2,1-3H3. The molecule has 0 radical (unpaired) electrons. The number of hydrogen-bond donors (Lipinski definition) is 0. The van der Waals surface area contributed by atoms with Crippen LogP contribution in [0.4, 0.5) is 0 Å². The molecule has 0 saturated carbocycles. The van der Waals surface area contributed by atoms with Crippen LogP contribution in [0.1, 0.15) is 29.9 Å². The quantitative estimate of drug-likeness (QED) is 0.770. The molecule has 1 aromatic rings. The van der Waals surface area contributed by atoms with Crippen LogP contribution >= 0.6 is 11.8 Å². The van der Waals surface area contributed by atoms with Crippen LogP contribution in [0.2, 0.25) is 0 Å². The van der Waals surface area contributed by atoms with Gasteiger partial charge in [-0.2, -0.15) is 0 Å². The number of amides is 1. The van der Waals surface area contributed by atoms with Crippen molar-refractivity contribution in [3.8, 4) is 0 Å². The minimum Gasteiger partial charge on any atom is -0.467 e. The van der Waals surface area contributed by atoms with Crippen molar-refractivity contribution in [2.75, 3.05) is 19.4 Å². The van der Waals surface area contributed by atoms with Gasteiger partial charge in [0.15, 0.2) is 0 Å². The van der Waals surface area contributed by atoms with Crippen molar-refractivity contribution in [1.82, 2.24) is 10.1 Å². The minimum absolute atomic E-state index is 0.0142. The predicted molar refractivity (Wildman–Crippen MR) is 78.9 cm³/mol. The van der Waals surface area contributed by atoms with E-state index in [1.54, 1.807) is 4.90 Å². The van der Waals surface area contributed by atoms with E-state index in [1.165, 1.54) is 18.9 Å². The number of thioether (sulfide) groups is 1. The largest absolute Gasteiger partial charge is 0.467 e. The predicted octanol–water partition coefficient (Wildman–Crippen LogP) is 1.69. The van der Waals surface area contributed by atoms with Gasteiger partial charge in [0.1, 0.15) is 11.8 Å². The Morgan fingerprint density at radius 3 is 2.86 bits per heavy atom. The third kappa shape index (κ3) is 3.58. The van der Waals surface area contributed by atoms with Gasteiger partial charge in [0.2, 0.25) is 5.91 Å². The number of carbonyl (C=O) groups excluding carboxylic acids is 2. The highest BCUT2D eigenvalue weighted by atomic mass is 32.2. The van der Waals surface area contributed by atoms with E-state index in [2.05, 4.69) is 5.16 Å². The molecule has 1 aliphatic heterocycles. The Balaban J connectivity index is 1.86. The van der Waals surface area contributed by atoms with Gasteiger partial charge in [-0.3, -0.25) is 4.79 Å². The van der Waals surface area contributed by atoms with Crippen molar-refractivity contribution in [3.63, 3.8) is 0 Å². The van der Waals surface area contributed by atoms with Crippen molar-refractivity contribution in [2.45, 2.75) is 38.5 Å². The maximum Gasteiger partial charge on any atom is 0.328 e. The second-order valence-electron chi connectivity index (χ2n) is 5.06. The zero-order chi connectivity index (χ0) is 15.4. The zero-order valence-corrected chi connectivity index (χ0v) is 13.4. The van der Waals surface area contributed by atoms with Gasteiger partial charge in [0.05, 0.1) is 18.6 Å². The van der Waals surface area contributed by atoms with E-state index >= 15 is 0 Å². The SMILES string of the molecule is COC(=O)C1CCCN1C(=O)CSCc1c(C)noc1C. The molecule has 1 aliphatic rings. The fraction of sp³-hybridized carbons (Fsp3) is 0.643. The first-order valence-corrected chi connectivity index (χ1v) is 8.07. The summed E-state index contributed by atoms with van der Waals surface area (Å²) in [6.45, 7) is 4.39. The van der Waals surface area contributed by atoms with Crippen LogP contribution in [0.3, 0.4) is 0 Å². The molecule has 1 unspecified atom stereocenters. The highest BCUT2D eigenvalue weighted by molar-refractivity contribution is 7.99. The van der Waals surface area contributed by atoms with E-state index < -0.39 is 6.04 Å². The molecule has 0 spiro atoms. The van der Waals surface area contributed by atoms with Crippen molar-refractivity contribution in [2.24, 2.45) is 0 Å². The maximum absolute atomic E-state index is 12.2. The molecule has 6 nitrogen and oxygen atoms in total. The van der Waals surface area contributed by atoms with Crippen LogP contribution in [0, 0.1) is 13.8 Å². The van der Waals surface area contributed by atoms with Crippen molar-refractivity contribution < 1.29 is 18.8 Å². The summed E-state index contributed by atoms with van der Waals surface area (Å²) in [5.41, 5.74) is 1.90.